The molecule has 0 aromatic carbocycles. The third kappa shape index (κ3) is 5.73. The van der Waals surface area contributed by atoms with Crippen LogP contribution < -0.4 is 10.1 Å². The molecule has 0 fully saturated rings. The summed E-state index contributed by atoms with van der Waals surface area (Å²) in [7, 11) is 0. The lowest BCUT2D eigenvalue weighted by Crippen LogP contribution is -2.22. The lowest BCUT2D eigenvalue weighted by molar-refractivity contribution is 0.306. The Labute approximate surface area is 104 Å². The summed E-state index contributed by atoms with van der Waals surface area (Å²) >= 11 is 0. The molecule has 1 aromatic rings. The third-order valence-electron chi connectivity index (χ3n) is 2.43. The van der Waals surface area contributed by atoms with Gasteiger partial charge in [-0.25, -0.2) is 0 Å². The van der Waals surface area contributed by atoms with Crippen molar-refractivity contribution >= 4 is 0 Å². The Kier molecular flexibility index (Phi) is 6.05. The fourth-order valence-electron chi connectivity index (χ4n) is 1.46. The van der Waals surface area contributed by atoms with Crippen molar-refractivity contribution in [3.63, 3.8) is 0 Å². The molecule has 0 bridgehead atoms. The zero-order chi connectivity index (χ0) is 12.7. The van der Waals surface area contributed by atoms with E-state index in [1.165, 1.54) is 0 Å². The van der Waals surface area contributed by atoms with Gasteiger partial charge in [0.1, 0.15) is 0 Å². The van der Waals surface area contributed by atoms with Crippen LogP contribution in [0, 0.1) is 5.92 Å². The molecule has 0 aliphatic heterocycles. The first-order valence-electron chi connectivity index (χ1n) is 6.47. The number of rotatable bonds is 8. The summed E-state index contributed by atoms with van der Waals surface area (Å²) in [6.45, 7) is 11.5. The van der Waals surface area contributed by atoms with Crippen LogP contribution >= 0.6 is 0 Å². The van der Waals surface area contributed by atoms with Crippen LogP contribution in [0.4, 0.5) is 0 Å². The van der Waals surface area contributed by atoms with E-state index in [1.54, 1.807) is 6.20 Å². The number of aromatic nitrogens is 2. The van der Waals surface area contributed by atoms with Crippen LogP contribution in [-0.2, 0) is 0 Å². The Hall–Kier alpha value is -1.03. The molecule has 0 saturated carbocycles. The largest absolute Gasteiger partial charge is 0.490 e. The summed E-state index contributed by atoms with van der Waals surface area (Å²) in [6, 6.07) is 0.389. The maximum atomic E-state index is 5.62. The van der Waals surface area contributed by atoms with E-state index in [0.717, 1.165) is 31.9 Å². The predicted octanol–water partition coefficient (Wildman–Crippen LogP) is 2.48. The van der Waals surface area contributed by atoms with E-state index < -0.39 is 0 Å². The molecule has 0 radical (unpaired) electrons. The summed E-state index contributed by atoms with van der Waals surface area (Å²) in [5.41, 5.74) is 0. The smallest absolute Gasteiger partial charge is 0.157 e. The minimum absolute atomic E-state index is 0.389. The van der Waals surface area contributed by atoms with E-state index >= 15 is 0 Å². The molecule has 1 rings (SSSR count). The van der Waals surface area contributed by atoms with Gasteiger partial charge in [0.2, 0.25) is 0 Å². The molecular weight excluding hydrogens is 214 g/mol. The van der Waals surface area contributed by atoms with Gasteiger partial charge in [0.05, 0.1) is 19.0 Å². The number of hydrogen-bond acceptors (Lipinski definition) is 3. The first-order chi connectivity index (χ1) is 8.09. The summed E-state index contributed by atoms with van der Waals surface area (Å²) < 4.78 is 7.53. The van der Waals surface area contributed by atoms with E-state index in [9.17, 15) is 0 Å². The lowest BCUT2D eigenvalue weighted by Gasteiger charge is -2.07. The average molecular weight is 239 g/mol. The summed E-state index contributed by atoms with van der Waals surface area (Å²) in [4.78, 5) is 0. The summed E-state index contributed by atoms with van der Waals surface area (Å²) in [5, 5.41) is 7.62. The Morgan fingerprint density at radius 3 is 2.71 bits per heavy atom. The molecule has 0 spiro atoms. The molecular formula is C13H25N3O. The number of ether oxygens (including phenoxy) is 1. The van der Waals surface area contributed by atoms with Crippen LogP contribution in [0.15, 0.2) is 12.4 Å². The molecule has 1 heterocycles. The van der Waals surface area contributed by atoms with Gasteiger partial charge < -0.3 is 10.1 Å². The standard InChI is InChI=1S/C13H25N3O/c1-11(2)8-14-6-5-7-17-13-9-15-16(10-13)12(3)4/h9-12,14H,5-8H2,1-4H3. The van der Waals surface area contributed by atoms with Crippen molar-refractivity contribution < 1.29 is 4.74 Å². The van der Waals surface area contributed by atoms with Crippen LogP contribution in [0.5, 0.6) is 5.75 Å². The van der Waals surface area contributed by atoms with Crippen molar-refractivity contribution in [1.82, 2.24) is 15.1 Å². The average Bonchev–Trinajstić information content (AvgIpc) is 2.71. The Morgan fingerprint density at radius 1 is 1.35 bits per heavy atom. The van der Waals surface area contributed by atoms with Gasteiger partial charge in [0, 0.05) is 6.04 Å². The van der Waals surface area contributed by atoms with E-state index in [1.807, 2.05) is 10.9 Å². The maximum absolute atomic E-state index is 5.62. The van der Waals surface area contributed by atoms with E-state index in [-0.39, 0.29) is 0 Å². The van der Waals surface area contributed by atoms with Crippen molar-refractivity contribution in [2.45, 2.75) is 40.2 Å². The summed E-state index contributed by atoms with van der Waals surface area (Å²) in [6.07, 6.45) is 4.76. The van der Waals surface area contributed by atoms with Crippen LogP contribution in [-0.4, -0.2) is 29.5 Å². The molecule has 0 amide bonds. The fourth-order valence-corrected chi connectivity index (χ4v) is 1.46. The number of hydrogen-bond donors (Lipinski definition) is 1. The van der Waals surface area contributed by atoms with Crippen LogP contribution in [0.25, 0.3) is 0 Å². The van der Waals surface area contributed by atoms with Gasteiger partial charge in [-0.15, -0.1) is 0 Å². The number of nitrogens with one attached hydrogen (secondary N) is 1. The van der Waals surface area contributed by atoms with Gasteiger partial charge in [-0.3, -0.25) is 4.68 Å². The first-order valence-corrected chi connectivity index (χ1v) is 6.47. The second kappa shape index (κ2) is 7.33. The Balaban J connectivity index is 2.09. The van der Waals surface area contributed by atoms with Crippen molar-refractivity contribution in [2.75, 3.05) is 19.7 Å². The van der Waals surface area contributed by atoms with Crippen LogP contribution in [0.3, 0.4) is 0 Å². The second-order valence-corrected chi connectivity index (χ2v) is 5.05. The highest BCUT2D eigenvalue weighted by atomic mass is 16.5. The Bertz CT molecular complexity index is 307. The third-order valence-corrected chi connectivity index (χ3v) is 2.43. The highest BCUT2D eigenvalue weighted by molar-refractivity contribution is 5.11. The zero-order valence-electron chi connectivity index (χ0n) is 11.4. The lowest BCUT2D eigenvalue weighted by atomic mass is 10.2. The van der Waals surface area contributed by atoms with E-state index in [2.05, 4.69) is 38.1 Å². The molecule has 0 unspecified atom stereocenters. The second-order valence-electron chi connectivity index (χ2n) is 5.05. The topological polar surface area (TPSA) is 39.1 Å². The fraction of sp³-hybridized carbons (Fsp3) is 0.769. The van der Waals surface area contributed by atoms with Crippen LogP contribution in [0.2, 0.25) is 0 Å². The van der Waals surface area contributed by atoms with Crippen molar-refractivity contribution in [3.8, 4) is 5.75 Å². The van der Waals surface area contributed by atoms with Crippen molar-refractivity contribution in [3.05, 3.63) is 12.4 Å². The van der Waals surface area contributed by atoms with Gasteiger partial charge in [-0.2, -0.15) is 5.10 Å². The monoisotopic (exact) mass is 239 g/mol. The first kappa shape index (κ1) is 14.0. The molecule has 98 valence electrons. The molecule has 17 heavy (non-hydrogen) atoms. The van der Waals surface area contributed by atoms with Crippen molar-refractivity contribution in [1.29, 1.82) is 0 Å². The molecule has 0 saturated heterocycles. The summed E-state index contributed by atoms with van der Waals surface area (Å²) in [5.74, 6) is 1.57. The molecule has 0 aliphatic rings. The molecule has 4 heteroatoms. The molecule has 4 nitrogen and oxygen atoms in total. The highest BCUT2D eigenvalue weighted by Gasteiger charge is 2.01. The minimum atomic E-state index is 0.389. The number of nitrogens with zero attached hydrogens (tertiary/aromatic N) is 2. The van der Waals surface area contributed by atoms with Crippen molar-refractivity contribution in [2.24, 2.45) is 5.92 Å². The predicted molar refractivity (Wildman–Crippen MR) is 70.4 cm³/mol. The van der Waals surface area contributed by atoms with Crippen LogP contribution in [0.1, 0.15) is 40.2 Å². The van der Waals surface area contributed by atoms with Gasteiger partial charge in [-0.05, 0) is 39.3 Å². The normalized spacial score (nSPS) is 11.4. The van der Waals surface area contributed by atoms with Gasteiger partial charge in [-0.1, -0.05) is 13.8 Å². The van der Waals surface area contributed by atoms with Gasteiger partial charge >= 0.3 is 0 Å². The SMILES string of the molecule is CC(C)CNCCCOc1cnn(C(C)C)c1. The highest BCUT2D eigenvalue weighted by Crippen LogP contribution is 2.12. The molecule has 0 aliphatic carbocycles. The maximum Gasteiger partial charge on any atom is 0.157 e. The molecule has 1 N–H and O–H groups in total. The van der Waals surface area contributed by atoms with E-state index in [4.69, 9.17) is 4.74 Å². The molecule has 0 atom stereocenters. The van der Waals surface area contributed by atoms with E-state index in [0.29, 0.717) is 12.0 Å². The Morgan fingerprint density at radius 2 is 2.12 bits per heavy atom. The zero-order valence-corrected chi connectivity index (χ0v) is 11.4. The van der Waals surface area contributed by atoms with Gasteiger partial charge in [0.15, 0.2) is 5.75 Å². The quantitative estimate of drug-likeness (QED) is 0.708. The molecule has 1 aromatic heterocycles. The minimum Gasteiger partial charge on any atom is -0.490 e. The van der Waals surface area contributed by atoms with Gasteiger partial charge in [0.25, 0.3) is 0 Å².